The lowest BCUT2D eigenvalue weighted by atomic mass is 10.0. The van der Waals surface area contributed by atoms with Gasteiger partial charge in [-0.2, -0.15) is 13.2 Å². The number of halogens is 3. The minimum absolute atomic E-state index is 0.118. The Labute approximate surface area is 122 Å². The molecule has 0 saturated carbocycles. The van der Waals surface area contributed by atoms with E-state index in [1.54, 1.807) is 13.0 Å². The number of rotatable bonds is 5. The van der Waals surface area contributed by atoms with Crippen LogP contribution in [0, 0.1) is 0 Å². The zero-order valence-corrected chi connectivity index (χ0v) is 12.4. The summed E-state index contributed by atoms with van der Waals surface area (Å²) in [7, 11) is 0. The van der Waals surface area contributed by atoms with Crippen molar-refractivity contribution in [3.05, 3.63) is 23.8 Å². The molecule has 21 heavy (non-hydrogen) atoms. The Morgan fingerprint density at radius 2 is 2.10 bits per heavy atom. The Morgan fingerprint density at radius 1 is 1.38 bits per heavy atom. The van der Waals surface area contributed by atoms with Gasteiger partial charge in [0.05, 0.1) is 6.54 Å². The second kappa shape index (κ2) is 5.75. The molecule has 1 atom stereocenters. The highest BCUT2D eigenvalue weighted by Gasteiger charge is 2.32. The molecule has 6 heteroatoms. The summed E-state index contributed by atoms with van der Waals surface area (Å²) in [5, 5.41) is 2.34. The first-order valence-electron chi connectivity index (χ1n) is 6.91. The fourth-order valence-corrected chi connectivity index (χ4v) is 2.36. The predicted octanol–water partition coefficient (Wildman–Crippen LogP) is 3.32. The first kappa shape index (κ1) is 15.9. The number of nitrogens with one attached hydrogen (secondary N) is 1. The van der Waals surface area contributed by atoms with Crippen LogP contribution in [-0.4, -0.2) is 31.0 Å². The Kier molecular flexibility index (Phi) is 4.37. The number of ether oxygens (including phenoxy) is 2. The van der Waals surface area contributed by atoms with Gasteiger partial charge in [0.1, 0.15) is 11.7 Å². The van der Waals surface area contributed by atoms with E-state index < -0.39 is 12.7 Å². The Morgan fingerprint density at radius 3 is 2.76 bits per heavy atom. The topological polar surface area (TPSA) is 30.5 Å². The number of hydrogen-bond acceptors (Lipinski definition) is 3. The summed E-state index contributed by atoms with van der Waals surface area (Å²) in [5.74, 6) is 1.28. The summed E-state index contributed by atoms with van der Waals surface area (Å²) >= 11 is 0. The molecule has 1 aromatic rings. The molecule has 0 fully saturated rings. The molecular formula is C15H20F3NO2. The van der Waals surface area contributed by atoms with Crippen molar-refractivity contribution in [3.63, 3.8) is 0 Å². The van der Waals surface area contributed by atoms with Crippen LogP contribution >= 0.6 is 0 Å². The van der Waals surface area contributed by atoms with Gasteiger partial charge in [0, 0.05) is 18.5 Å². The van der Waals surface area contributed by atoms with E-state index in [1.807, 2.05) is 26.0 Å². The van der Waals surface area contributed by atoms with E-state index in [0.29, 0.717) is 11.5 Å². The second-order valence-corrected chi connectivity index (χ2v) is 5.96. The summed E-state index contributed by atoms with van der Waals surface area (Å²) in [6.07, 6.45) is -3.80. The molecule has 0 saturated heterocycles. The van der Waals surface area contributed by atoms with Gasteiger partial charge in [0.2, 0.25) is 0 Å². The Balaban J connectivity index is 1.94. The van der Waals surface area contributed by atoms with Gasteiger partial charge < -0.3 is 14.8 Å². The smallest absolute Gasteiger partial charge is 0.401 e. The number of hydrogen-bond donors (Lipinski definition) is 1. The maximum absolute atomic E-state index is 12.1. The van der Waals surface area contributed by atoms with Gasteiger partial charge in [-0.25, -0.2) is 0 Å². The summed E-state index contributed by atoms with van der Waals surface area (Å²) in [4.78, 5) is 0. The highest BCUT2D eigenvalue weighted by atomic mass is 19.4. The molecule has 118 valence electrons. The molecule has 0 spiro atoms. The monoisotopic (exact) mass is 303 g/mol. The lowest BCUT2D eigenvalue weighted by Crippen LogP contribution is -2.35. The van der Waals surface area contributed by atoms with Crippen molar-refractivity contribution in [2.75, 3.05) is 13.1 Å². The van der Waals surface area contributed by atoms with Crippen LogP contribution in [0.15, 0.2) is 18.2 Å². The molecular weight excluding hydrogens is 283 g/mol. The largest absolute Gasteiger partial charge is 0.485 e. The second-order valence-electron chi connectivity index (χ2n) is 5.96. The van der Waals surface area contributed by atoms with E-state index in [4.69, 9.17) is 9.47 Å². The molecule has 0 aromatic heterocycles. The average molecular weight is 303 g/mol. The van der Waals surface area contributed by atoms with Crippen LogP contribution in [0.1, 0.15) is 26.3 Å². The summed E-state index contributed by atoms with van der Waals surface area (Å²) in [5.41, 5.74) is 0.785. The Hall–Kier alpha value is -1.43. The third kappa shape index (κ3) is 4.52. The average Bonchev–Trinajstić information content (AvgIpc) is 2.62. The van der Waals surface area contributed by atoms with Crippen molar-refractivity contribution in [2.45, 2.75) is 45.1 Å². The summed E-state index contributed by atoms with van der Waals surface area (Å²) < 4.78 is 47.8. The van der Waals surface area contributed by atoms with E-state index in [9.17, 15) is 13.2 Å². The number of benzene rings is 1. The zero-order chi connectivity index (χ0) is 15.7. The van der Waals surface area contributed by atoms with Gasteiger partial charge in [0.15, 0.2) is 11.5 Å². The fraction of sp³-hybridized carbons (Fsp3) is 0.600. The lowest BCUT2D eigenvalue weighted by molar-refractivity contribution is -0.125. The fourth-order valence-electron chi connectivity index (χ4n) is 2.36. The van der Waals surface area contributed by atoms with Crippen molar-refractivity contribution < 1.29 is 22.6 Å². The normalized spacial score (nSPS) is 18.0. The zero-order valence-electron chi connectivity index (χ0n) is 12.4. The van der Waals surface area contributed by atoms with Crippen molar-refractivity contribution in [3.8, 4) is 11.5 Å². The molecule has 2 rings (SSSR count). The first-order chi connectivity index (χ1) is 9.66. The maximum Gasteiger partial charge on any atom is 0.401 e. The van der Waals surface area contributed by atoms with Gasteiger partial charge in [-0.1, -0.05) is 12.1 Å². The molecule has 1 unspecified atom stereocenters. The molecule has 0 aliphatic carbocycles. The van der Waals surface area contributed by atoms with Crippen LogP contribution in [0.2, 0.25) is 0 Å². The maximum atomic E-state index is 12.1. The highest BCUT2D eigenvalue weighted by molar-refractivity contribution is 5.50. The van der Waals surface area contributed by atoms with Crippen LogP contribution in [0.5, 0.6) is 11.5 Å². The number of alkyl halides is 3. The minimum Gasteiger partial charge on any atom is -0.485 e. The van der Waals surface area contributed by atoms with E-state index in [0.717, 1.165) is 12.0 Å². The molecule has 3 nitrogen and oxygen atoms in total. The summed E-state index contributed by atoms with van der Waals surface area (Å²) in [6.45, 7) is 4.81. The van der Waals surface area contributed by atoms with E-state index in [-0.39, 0.29) is 18.2 Å². The standard InChI is InChI=1S/C15H20F3NO2/c1-10(8-19-9-15(16,17)18)20-12-6-4-5-11-7-14(2,3)21-13(11)12/h4-6,10,19H,7-9H2,1-3H3. The molecule has 0 bridgehead atoms. The molecule has 1 aromatic carbocycles. The molecule has 1 aliphatic heterocycles. The quantitative estimate of drug-likeness (QED) is 0.905. The minimum atomic E-state index is -4.21. The van der Waals surface area contributed by atoms with Crippen molar-refractivity contribution in [1.29, 1.82) is 0 Å². The third-order valence-electron chi connectivity index (χ3n) is 3.14. The first-order valence-corrected chi connectivity index (χ1v) is 6.91. The van der Waals surface area contributed by atoms with Crippen LogP contribution < -0.4 is 14.8 Å². The molecule has 0 radical (unpaired) electrons. The number of fused-ring (bicyclic) bond motifs is 1. The summed E-state index contributed by atoms with van der Waals surface area (Å²) in [6, 6.07) is 5.62. The van der Waals surface area contributed by atoms with Crippen LogP contribution in [0.4, 0.5) is 13.2 Å². The van der Waals surface area contributed by atoms with E-state index >= 15 is 0 Å². The van der Waals surface area contributed by atoms with Gasteiger partial charge >= 0.3 is 6.18 Å². The SMILES string of the molecule is CC(CNCC(F)(F)F)Oc1cccc2c1OC(C)(C)C2. The van der Waals surface area contributed by atoms with Crippen molar-refractivity contribution in [1.82, 2.24) is 5.32 Å². The van der Waals surface area contributed by atoms with Crippen LogP contribution in [-0.2, 0) is 6.42 Å². The number of para-hydroxylation sites is 1. The Bertz CT molecular complexity index is 500. The van der Waals surface area contributed by atoms with Crippen LogP contribution in [0.3, 0.4) is 0 Å². The third-order valence-corrected chi connectivity index (χ3v) is 3.14. The van der Waals surface area contributed by atoms with Crippen LogP contribution in [0.25, 0.3) is 0 Å². The van der Waals surface area contributed by atoms with E-state index in [2.05, 4.69) is 5.32 Å². The lowest BCUT2D eigenvalue weighted by Gasteiger charge is -2.20. The molecule has 1 aliphatic rings. The van der Waals surface area contributed by atoms with Gasteiger partial charge in [-0.15, -0.1) is 0 Å². The highest BCUT2D eigenvalue weighted by Crippen LogP contribution is 2.42. The molecule has 1 heterocycles. The van der Waals surface area contributed by atoms with Crippen molar-refractivity contribution >= 4 is 0 Å². The molecule has 0 amide bonds. The van der Waals surface area contributed by atoms with Gasteiger partial charge in [-0.3, -0.25) is 0 Å². The van der Waals surface area contributed by atoms with Crippen molar-refractivity contribution in [2.24, 2.45) is 0 Å². The predicted molar refractivity (Wildman–Crippen MR) is 73.9 cm³/mol. The van der Waals surface area contributed by atoms with Gasteiger partial charge in [0.25, 0.3) is 0 Å². The molecule has 1 N–H and O–H groups in total. The van der Waals surface area contributed by atoms with E-state index in [1.165, 1.54) is 0 Å². The van der Waals surface area contributed by atoms with Gasteiger partial charge in [-0.05, 0) is 26.8 Å².